The molecule has 176 valence electrons. The Bertz CT molecular complexity index is 2020. The van der Waals surface area contributed by atoms with E-state index in [0.29, 0.717) is 11.5 Å². The van der Waals surface area contributed by atoms with Gasteiger partial charge in [-0.1, -0.05) is 84.9 Å². The van der Waals surface area contributed by atoms with Gasteiger partial charge in [0.15, 0.2) is 0 Å². The molecule has 8 aromatic carbocycles. The van der Waals surface area contributed by atoms with Gasteiger partial charge in [-0.15, -0.1) is 0 Å². The lowest BCUT2D eigenvalue weighted by molar-refractivity contribution is 0.391. The van der Waals surface area contributed by atoms with E-state index in [2.05, 4.69) is 72.8 Å². The van der Waals surface area contributed by atoms with Crippen LogP contribution in [-0.2, 0) is 4.57 Å². The number of hydrogen-bond donors (Lipinski definition) is 1. The number of benzene rings is 8. The fourth-order valence-corrected chi connectivity index (χ4v) is 6.77. The largest absolute Gasteiger partial charge is 0.510 e. The highest BCUT2D eigenvalue weighted by Crippen LogP contribution is 2.48. The molecular formula is C32H20NO3P. The lowest BCUT2D eigenvalue weighted by Crippen LogP contribution is -2.09. The average molecular weight is 497 g/mol. The monoisotopic (exact) mass is 497 g/mol. The van der Waals surface area contributed by atoms with Crippen LogP contribution in [0.2, 0.25) is 0 Å². The second-order valence-corrected chi connectivity index (χ2v) is 11.0. The summed E-state index contributed by atoms with van der Waals surface area (Å²) >= 11 is 0. The first-order valence-electron chi connectivity index (χ1n) is 12.2. The van der Waals surface area contributed by atoms with E-state index in [1.807, 2.05) is 36.4 Å². The zero-order valence-electron chi connectivity index (χ0n) is 19.6. The number of rotatable bonds is 4. The molecule has 0 amide bonds. The van der Waals surface area contributed by atoms with Crippen LogP contribution in [0.1, 0.15) is 0 Å². The summed E-state index contributed by atoms with van der Waals surface area (Å²) in [4.78, 5) is 0. The third-order valence-corrected chi connectivity index (χ3v) is 8.33. The van der Waals surface area contributed by atoms with Crippen molar-refractivity contribution in [1.82, 2.24) is 0 Å². The first-order chi connectivity index (χ1) is 18.1. The van der Waals surface area contributed by atoms with Crippen LogP contribution in [0.25, 0.3) is 64.6 Å². The predicted octanol–water partition coefficient (Wildman–Crippen LogP) is 9.01. The lowest BCUT2D eigenvalue weighted by atomic mass is 9.94. The molecule has 0 aliphatic rings. The van der Waals surface area contributed by atoms with Crippen molar-refractivity contribution < 1.29 is 13.6 Å². The van der Waals surface area contributed by atoms with Crippen LogP contribution in [0, 0.1) is 0 Å². The summed E-state index contributed by atoms with van der Waals surface area (Å²) in [5.41, 5.74) is 6.24. The summed E-state index contributed by atoms with van der Waals surface area (Å²) < 4.78 is 25.5. The third-order valence-electron chi connectivity index (χ3n) is 7.43. The molecule has 0 atom stereocenters. The van der Waals surface area contributed by atoms with Gasteiger partial charge in [0.2, 0.25) is 0 Å². The van der Waals surface area contributed by atoms with Gasteiger partial charge in [0.25, 0.3) is 0 Å². The minimum Gasteiger partial charge on any atom is -0.404 e. The Morgan fingerprint density at radius 1 is 0.432 bits per heavy atom. The van der Waals surface area contributed by atoms with Gasteiger partial charge in [-0.2, -0.15) is 0 Å². The van der Waals surface area contributed by atoms with E-state index in [1.165, 1.54) is 0 Å². The van der Waals surface area contributed by atoms with E-state index in [4.69, 9.17) is 14.6 Å². The standard InChI is InChI=1S/C32H20NO3P/c33-37(34,35-27-17-13-23-9-7-19-3-1-5-21-11-15-25(27)31(23)29(19)21)36-28-18-14-24-10-8-20-4-2-6-22-12-16-26(28)32(24)30(20)22/h1-18H,(H2,33,34). The zero-order chi connectivity index (χ0) is 24.7. The SMILES string of the molecule is NP(=O)(Oc1ccc2ccc3cccc4ccc1c2c34)Oc1ccc2ccc3cccc4ccc1c2c34. The molecule has 0 fully saturated rings. The first kappa shape index (κ1) is 20.8. The maximum absolute atomic E-state index is 13.6. The van der Waals surface area contributed by atoms with E-state index in [-0.39, 0.29) is 0 Å². The third kappa shape index (κ3) is 3.04. The number of nitrogens with two attached hydrogens (primary N) is 1. The highest BCUT2D eigenvalue weighted by molar-refractivity contribution is 7.52. The molecule has 0 heterocycles. The van der Waals surface area contributed by atoms with Crippen LogP contribution in [-0.4, -0.2) is 0 Å². The van der Waals surface area contributed by atoms with Crippen molar-refractivity contribution in [3.8, 4) is 11.5 Å². The Morgan fingerprint density at radius 2 is 0.757 bits per heavy atom. The summed E-state index contributed by atoms with van der Waals surface area (Å²) in [5.74, 6) is 0.878. The molecule has 0 bridgehead atoms. The average Bonchev–Trinajstić information content (AvgIpc) is 2.92. The molecule has 0 unspecified atom stereocenters. The summed E-state index contributed by atoms with van der Waals surface area (Å²) in [6.45, 7) is 0. The fraction of sp³-hybridized carbons (Fsp3) is 0. The van der Waals surface area contributed by atoms with Crippen LogP contribution >= 0.6 is 7.75 Å². The highest BCUT2D eigenvalue weighted by atomic mass is 31.2. The predicted molar refractivity (Wildman–Crippen MR) is 153 cm³/mol. The molecule has 0 aromatic heterocycles. The van der Waals surface area contributed by atoms with Gasteiger partial charge in [0.05, 0.1) is 0 Å². The summed E-state index contributed by atoms with van der Waals surface area (Å²) in [5, 5.41) is 12.9. The Balaban J connectivity index is 1.25. The van der Waals surface area contributed by atoms with Gasteiger partial charge in [-0.25, -0.2) is 10.1 Å². The Labute approximate surface area is 212 Å². The van der Waals surface area contributed by atoms with E-state index in [0.717, 1.165) is 64.6 Å². The molecule has 37 heavy (non-hydrogen) atoms. The minimum absolute atomic E-state index is 0.439. The van der Waals surface area contributed by atoms with Crippen molar-refractivity contribution in [1.29, 1.82) is 0 Å². The topological polar surface area (TPSA) is 61.6 Å². The molecule has 8 aromatic rings. The minimum atomic E-state index is -4.02. The molecule has 0 saturated carbocycles. The Hall–Kier alpha value is -4.37. The molecular weight excluding hydrogens is 477 g/mol. The molecule has 0 aliphatic carbocycles. The second kappa shape index (κ2) is 7.33. The van der Waals surface area contributed by atoms with Crippen LogP contribution in [0.4, 0.5) is 0 Å². The zero-order valence-corrected chi connectivity index (χ0v) is 20.5. The molecule has 2 N–H and O–H groups in total. The molecule has 5 heteroatoms. The summed E-state index contributed by atoms with van der Waals surface area (Å²) in [6.07, 6.45) is 0. The molecule has 0 spiro atoms. The van der Waals surface area contributed by atoms with E-state index >= 15 is 0 Å². The maximum Gasteiger partial charge on any atom is 0.510 e. The van der Waals surface area contributed by atoms with Crippen molar-refractivity contribution >= 4 is 72.4 Å². The van der Waals surface area contributed by atoms with Crippen LogP contribution in [0.15, 0.2) is 109 Å². The van der Waals surface area contributed by atoms with Crippen molar-refractivity contribution in [2.45, 2.75) is 0 Å². The fourth-order valence-electron chi connectivity index (χ4n) is 5.87. The Morgan fingerprint density at radius 3 is 1.16 bits per heavy atom. The van der Waals surface area contributed by atoms with Gasteiger partial charge in [0.1, 0.15) is 11.5 Å². The van der Waals surface area contributed by atoms with E-state index in [1.54, 1.807) is 0 Å². The smallest absolute Gasteiger partial charge is 0.404 e. The van der Waals surface area contributed by atoms with E-state index in [9.17, 15) is 4.57 Å². The summed E-state index contributed by atoms with van der Waals surface area (Å²) in [7, 11) is -4.02. The quantitative estimate of drug-likeness (QED) is 0.195. The van der Waals surface area contributed by atoms with E-state index < -0.39 is 7.75 Å². The van der Waals surface area contributed by atoms with Gasteiger partial charge in [0, 0.05) is 21.5 Å². The molecule has 0 aliphatic heterocycles. The molecule has 0 radical (unpaired) electrons. The van der Waals surface area contributed by atoms with Crippen LogP contribution in [0.5, 0.6) is 11.5 Å². The van der Waals surface area contributed by atoms with Crippen LogP contribution in [0.3, 0.4) is 0 Å². The molecule has 0 saturated heterocycles. The molecule has 4 nitrogen and oxygen atoms in total. The van der Waals surface area contributed by atoms with Crippen LogP contribution < -0.4 is 14.6 Å². The maximum atomic E-state index is 13.6. The number of hydrogen-bond acceptors (Lipinski definition) is 3. The molecule has 8 rings (SSSR count). The highest BCUT2D eigenvalue weighted by Gasteiger charge is 2.26. The second-order valence-electron chi connectivity index (χ2n) is 9.56. The van der Waals surface area contributed by atoms with Gasteiger partial charge in [-0.3, -0.25) is 0 Å². The van der Waals surface area contributed by atoms with Crippen molar-refractivity contribution in [2.24, 2.45) is 5.50 Å². The van der Waals surface area contributed by atoms with Crippen molar-refractivity contribution in [3.05, 3.63) is 109 Å². The van der Waals surface area contributed by atoms with Crippen molar-refractivity contribution in [3.63, 3.8) is 0 Å². The van der Waals surface area contributed by atoms with Crippen molar-refractivity contribution in [2.75, 3.05) is 0 Å². The van der Waals surface area contributed by atoms with Gasteiger partial charge in [-0.05, 0) is 67.4 Å². The normalized spacial score (nSPS) is 12.6. The summed E-state index contributed by atoms with van der Waals surface area (Å²) in [6, 6.07) is 36.6. The van der Waals surface area contributed by atoms with Gasteiger partial charge >= 0.3 is 7.75 Å². The Kier molecular flexibility index (Phi) is 4.12. The van der Waals surface area contributed by atoms with Gasteiger partial charge < -0.3 is 9.05 Å². The first-order valence-corrected chi connectivity index (χ1v) is 13.8. The lowest BCUT2D eigenvalue weighted by Gasteiger charge is -2.20.